The fraction of sp³-hybridized carbons (Fsp3) is 0.424. The van der Waals surface area contributed by atoms with Gasteiger partial charge in [0.2, 0.25) is 17.7 Å². The summed E-state index contributed by atoms with van der Waals surface area (Å²) in [4.78, 5) is 82.3. The van der Waals surface area contributed by atoms with Crippen molar-refractivity contribution in [2.24, 2.45) is 7.05 Å². The highest BCUT2D eigenvalue weighted by Gasteiger charge is 2.32. The van der Waals surface area contributed by atoms with Crippen LogP contribution in [0.4, 0.5) is 23.9 Å². The van der Waals surface area contributed by atoms with Gasteiger partial charge in [-0.3, -0.25) is 24.9 Å². The number of rotatable bonds is 16. The van der Waals surface area contributed by atoms with Gasteiger partial charge in [0, 0.05) is 18.5 Å². The van der Waals surface area contributed by atoms with Crippen molar-refractivity contribution in [3.8, 4) is 17.4 Å². The van der Waals surface area contributed by atoms with Gasteiger partial charge in [0.1, 0.15) is 30.0 Å². The Hall–Kier alpha value is -5.20. The van der Waals surface area contributed by atoms with Crippen molar-refractivity contribution in [2.75, 3.05) is 57.7 Å². The second-order valence-corrected chi connectivity index (χ2v) is 19.7. The number of halogens is 6. The molecule has 1 aromatic carbocycles. The first kappa shape index (κ1) is 59.8. The third kappa shape index (κ3) is 19.5. The molecule has 6 N–H and O–H groups in total. The number of hydrogen-bond donors (Lipinski definition) is 6. The van der Waals surface area contributed by atoms with E-state index in [0.29, 0.717) is 20.3 Å². The van der Waals surface area contributed by atoms with Gasteiger partial charge in [-0.05, 0) is 42.4 Å². The first-order valence-electron chi connectivity index (χ1n) is 17.9. The van der Waals surface area contributed by atoms with Gasteiger partial charge < -0.3 is 38.8 Å². The Labute approximate surface area is 396 Å². The second kappa shape index (κ2) is 27.0. The number of esters is 1. The summed E-state index contributed by atoms with van der Waals surface area (Å²) < 4.78 is 92.4. The molecule has 0 fully saturated rings. The molecular weight excluding hydrogens is 1030 g/mol. The number of alkyl halides is 3. The van der Waals surface area contributed by atoms with E-state index in [-0.39, 0.29) is 57.4 Å². The van der Waals surface area contributed by atoms with Crippen LogP contribution in [0.3, 0.4) is 0 Å². The number of hydrogen-bond acceptors (Lipinski definition) is 17. The maximum Gasteiger partial charge on any atom is 0.355 e. The lowest BCUT2D eigenvalue weighted by atomic mass is 10.1. The van der Waals surface area contributed by atoms with Crippen LogP contribution < -0.4 is 35.4 Å². The fourth-order valence-corrected chi connectivity index (χ4v) is 6.93. The SMILES string of the molecule is CCOC(=O)C(Cl)Cc1cc(-n2nc(C)n(C(F)F)c2=O)c(F)cc1Cl.COc1cc(OC)nc(NC(=O)NS(=O)(=O)c2c(C(=O)O)c(Cl)nn2C)n1.C[S+](C)C.O=C(O)CNCP(=O)([O-])O. The summed E-state index contributed by atoms with van der Waals surface area (Å²) in [7, 11) is -4.57. The van der Waals surface area contributed by atoms with E-state index in [2.05, 4.69) is 44.2 Å². The first-order valence-corrected chi connectivity index (χ1v) is 24.8. The summed E-state index contributed by atoms with van der Waals surface area (Å²) in [6.07, 6.45) is 5.76. The lowest BCUT2D eigenvalue weighted by Crippen LogP contribution is -2.36. The molecule has 0 aliphatic rings. The van der Waals surface area contributed by atoms with E-state index in [1.54, 1.807) is 11.6 Å². The number of amides is 2. The molecule has 4 rings (SSSR count). The maximum absolute atomic E-state index is 14.2. The molecule has 374 valence electrons. The number of ether oxygens (including phenoxy) is 3. The summed E-state index contributed by atoms with van der Waals surface area (Å²) in [6, 6.07) is 2.09. The van der Waals surface area contributed by atoms with E-state index in [1.807, 2.05) is 5.32 Å². The largest absolute Gasteiger partial charge is 0.778 e. The summed E-state index contributed by atoms with van der Waals surface area (Å²) in [5.41, 5.74) is -2.15. The Bertz CT molecular complexity index is 2580. The zero-order chi connectivity index (χ0) is 51.7. The number of methoxy groups -OCH3 is 2. The molecule has 0 radical (unpaired) electrons. The minimum Gasteiger partial charge on any atom is -0.778 e. The number of urea groups is 1. The van der Waals surface area contributed by atoms with Gasteiger partial charge in [-0.15, -0.1) is 16.7 Å². The standard InChI is InChI=1S/C15H14Cl2F3N3O3.C12H13ClN6O7S.C3H8NO5P.C3H9S/c1-3-26-13(24)10(17)4-8-5-12(11(18)6-9(8)16)23-15(25)22(14(19)20)7(2)21-23;1-19-9(7(10(20)21)8(13)17-19)27(23,24)18-12(22)16-11-14-5(25-2)4-6(15-11)26-3;5-3(6)1-4-2-10(7,8)9;1-4(2)3/h5-6,10,14H,3-4H2,1-2H3;4H,1-3H3,(H,20,21)(H2,14,15,16,18,22);4H,1-2H2,(H,5,6)(H2,7,8,9);1-3H3/q;;;+1/p-1. The van der Waals surface area contributed by atoms with Crippen molar-refractivity contribution in [3.63, 3.8) is 0 Å². The number of aliphatic carboxylic acids is 1. The number of anilines is 1. The number of carboxylic acid groups (broad SMARTS) is 2. The average Bonchev–Trinajstić information content (AvgIpc) is 3.67. The van der Waals surface area contributed by atoms with Crippen LogP contribution in [-0.2, 0) is 53.3 Å². The van der Waals surface area contributed by atoms with Gasteiger partial charge in [0.15, 0.2) is 16.0 Å². The number of benzene rings is 1. The zero-order valence-electron chi connectivity index (χ0n) is 36.1. The van der Waals surface area contributed by atoms with Crippen LogP contribution in [0.2, 0.25) is 10.2 Å². The zero-order valence-corrected chi connectivity index (χ0v) is 40.9. The molecule has 67 heavy (non-hydrogen) atoms. The number of carbonyl (C=O) groups is 4. The third-order valence-electron chi connectivity index (χ3n) is 7.02. The Morgan fingerprint density at radius 3 is 2.03 bits per heavy atom. The summed E-state index contributed by atoms with van der Waals surface area (Å²) in [5.74, 6) is -4.95. The van der Waals surface area contributed by atoms with Crippen molar-refractivity contribution in [1.29, 1.82) is 0 Å². The number of carbonyl (C=O) groups excluding carboxylic acids is 2. The van der Waals surface area contributed by atoms with Gasteiger partial charge in [0.05, 0.1) is 58.5 Å². The number of nitrogens with one attached hydrogen (secondary N) is 3. The molecular formula is C33H43Cl3F3N10O15PS2. The molecule has 4 aromatic rings. The first-order chi connectivity index (χ1) is 30.9. The average molecular weight is 1080 g/mol. The Morgan fingerprint density at radius 2 is 1.58 bits per heavy atom. The highest BCUT2D eigenvalue weighted by molar-refractivity contribution is 7.94. The van der Waals surface area contributed by atoms with Crippen molar-refractivity contribution in [3.05, 3.63) is 61.6 Å². The molecule has 3 aromatic heterocycles. The van der Waals surface area contributed by atoms with E-state index in [9.17, 15) is 55.0 Å². The van der Waals surface area contributed by atoms with Crippen LogP contribution in [-0.4, -0.2) is 139 Å². The maximum atomic E-state index is 14.2. The van der Waals surface area contributed by atoms with E-state index in [0.717, 1.165) is 19.2 Å². The number of sulfonamides is 1. The van der Waals surface area contributed by atoms with Gasteiger partial charge >= 0.3 is 36.2 Å². The summed E-state index contributed by atoms with van der Waals surface area (Å²) in [5, 5.41) is 25.9. The molecule has 0 saturated heterocycles. The molecule has 2 unspecified atom stereocenters. The molecule has 2 amide bonds. The molecule has 3 heterocycles. The van der Waals surface area contributed by atoms with Crippen LogP contribution in [0.15, 0.2) is 28.0 Å². The van der Waals surface area contributed by atoms with E-state index in [4.69, 9.17) is 64.1 Å². The van der Waals surface area contributed by atoms with E-state index >= 15 is 0 Å². The normalized spacial score (nSPS) is 12.2. The van der Waals surface area contributed by atoms with Crippen LogP contribution in [0.25, 0.3) is 5.69 Å². The van der Waals surface area contributed by atoms with Crippen LogP contribution in [0.1, 0.15) is 35.2 Å². The van der Waals surface area contributed by atoms with E-state index < -0.39 is 93.6 Å². The highest BCUT2D eigenvalue weighted by atomic mass is 35.5. The van der Waals surface area contributed by atoms with Gasteiger partial charge in [-0.2, -0.15) is 36.9 Å². The van der Waals surface area contributed by atoms with Crippen molar-refractivity contribution in [1.82, 2.24) is 44.1 Å². The third-order valence-corrected chi connectivity index (χ3v) is 10.0. The molecule has 34 heteroatoms. The van der Waals surface area contributed by atoms with Gasteiger partial charge in [-0.25, -0.2) is 28.1 Å². The van der Waals surface area contributed by atoms with Crippen LogP contribution >= 0.6 is 42.4 Å². The molecule has 0 saturated carbocycles. The second-order valence-electron chi connectivity index (χ2n) is 12.8. The van der Waals surface area contributed by atoms with Crippen LogP contribution in [0, 0.1) is 12.7 Å². The van der Waals surface area contributed by atoms with Crippen LogP contribution in [0.5, 0.6) is 11.8 Å². The lowest BCUT2D eigenvalue weighted by molar-refractivity contribution is -0.193. The van der Waals surface area contributed by atoms with E-state index in [1.165, 1.54) is 27.2 Å². The Kier molecular flexibility index (Phi) is 24.1. The highest BCUT2D eigenvalue weighted by Crippen LogP contribution is 2.27. The van der Waals surface area contributed by atoms with Crippen molar-refractivity contribution < 1.29 is 79.5 Å². The molecule has 0 spiro atoms. The summed E-state index contributed by atoms with van der Waals surface area (Å²) in [6.45, 7) is -0.675. The smallest absolute Gasteiger partial charge is 0.355 e. The number of carboxylic acids is 2. The number of aromatic carboxylic acids is 1. The predicted molar refractivity (Wildman–Crippen MR) is 234 cm³/mol. The Morgan fingerprint density at radius 1 is 1.03 bits per heavy atom. The Balaban J connectivity index is 0.000000524. The number of nitrogens with zero attached hydrogens (tertiary/aromatic N) is 7. The molecule has 0 aliphatic heterocycles. The van der Waals surface area contributed by atoms with Gasteiger partial charge in [-0.1, -0.05) is 23.2 Å². The summed E-state index contributed by atoms with van der Waals surface area (Å²) >= 11 is 17.5. The topological polar surface area (TPSA) is 350 Å². The molecule has 0 bridgehead atoms. The molecule has 2 atom stereocenters. The van der Waals surface area contributed by atoms with Crippen molar-refractivity contribution in [2.45, 2.75) is 37.2 Å². The van der Waals surface area contributed by atoms with Crippen molar-refractivity contribution >= 4 is 93.2 Å². The minimum atomic E-state index is -4.64. The molecule has 25 nitrogen and oxygen atoms in total. The molecule has 0 aliphatic carbocycles. The number of aromatic nitrogens is 7. The number of aryl methyl sites for hydroxylation is 2. The fourth-order valence-electron chi connectivity index (χ4n) is 4.50. The quantitative estimate of drug-likeness (QED) is 0.0404. The predicted octanol–water partition coefficient (Wildman–Crippen LogP) is 1.99. The van der Waals surface area contributed by atoms with Gasteiger partial charge in [0.25, 0.3) is 10.0 Å². The monoisotopic (exact) mass is 1080 g/mol. The lowest BCUT2D eigenvalue weighted by Gasteiger charge is -2.14. The minimum absolute atomic E-state index is 0.0424.